The summed E-state index contributed by atoms with van der Waals surface area (Å²) in [6.45, 7) is 7.58. The summed E-state index contributed by atoms with van der Waals surface area (Å²) in [5.41, 5.74) is 0. The van der Waals surface area contributed by atoms with Gasteiger partial charge in [-0.1, -0.05) is 20.3 Å². The largest absolute Gasteiger partial charge is 0.369 e. The third-order valence-corrected chi connectivity index (χ3v) is 4.33. The molecule has 5 heteroatoms. The van der Waals surface area contributed by atoms with Crippen LogP contribution in [0, 0.1) is 5.92 Å². The van der Waals surface area contributed by atoms with Gasteiger partial charge in [0.25, 0.3) is 0 Å². The van der Waals surface area contributed by atoms with Crippen LogP contribution >= 0.6 is 15.9 Å². The van der Waals surface area contributed by atoms with E-state index in [4.69, 9.17) is 0 Å². The Balaban J connectivity index is 2.08. The lowest BCUT2D eigenvalue weighted by atomic mass is 10.0. The van der Waals surface area contributed by atoms with Gasteiger partial charge in [0.05, 0.1) is 0 Å². The Morgan fingerprint density at radius 3 is 2.95 bits per heavy atom. The van der Waals surface area contributed by atoms with E-state index in [9.17, 15) is 0 Å². The van der Waals surface area contributed by atoms with Crippen LogP contribution in [-0.2, 0) is 0 Å². The van der Waals surface area contributed by atoms with Gasteiger partial charge in [0.15, 0.2) is 0 Å². The minimum atomic E-state index is 0.818. The van der Waals surface area contributed by atoms with E-state index >= 15 is 0 Å². The van der Waals surface area contributed by atoms with E-state index in [0.717, 1.165) is 48.1 Å². The second kappa shape index (κ2) is 7.08. The van der Waals surface area contributed by atoms with E-state index in [2.05, 4.69) is 50.0 Å². The fraction of sp³-hybridized carbons (Fsp3) is 0.714. The molecule has 0 aliphatic carbocycles. The molecule has 0 aromatic carbocycles. The first-order valence-electron chi connectivity index (χ1n) is 7.25. The minimum Gasteiger partial charge on any atom is -0.369 e. The molecule has 0 bridgehead atoms. The maximum absolute atomic E-state index is 4.45. The van der Waals surface area contributed by atoms with Gasteiger partial charge in [0.1, 0.15) is 22.4 Å². The van der Waals surface area contributed by atoms with Gasteiger partial charge in [-0.2, -0.15) is 0 Å². The lowest BCUT2D eigenvalue weighted by molar-refractivity contribution is 0.529. The summed E-state index contributed by atoms with van der Waals surface area (Å²) in [5.74, 6) is 2.76. The van der Waals surface area contributed by atoms with Crippen molar-refractivity contribution in [3.63, 3.8) is 0 Å². The molecule has 1 aliphatic heterocycles. The lowest BCUT2D eigenvalue weighted by Gasteiger charge is -2.20. The van der Waals surface area contributed by atoms with E-state index in [0.29, 0.717) is 0 Å². The van der Waals surface area contributed by atoms with Crippen molar-refractivity contribution in [2.45, 2.75) is 39.5 Å². The van der Waals surface area contributed by atoms with Crippen LogP contribution in [-0.4, -0.2) is 29.6 Å². The van der Waals surface area contributed by atoms with Gasteiger partial charge >= 0.3 is 0 Å². The first-order valence-corrected chi connectivity index (χ1v) is 8.04. The molecule has 4 nitrogen and oxygen atoms in total. The third kappa shape index (κ3) is 3.59. The van der Waals surface area contributed by atoms with Gasteiger partial charge in [-0.25, -0.2) is 9.97 Å². The average Bonchev–Trinajstić information content (AvgIpc) is 2.86. The zero-order valence-electron chi connectivity index (χ0n) is 11.8. The van der Waals surface area contributed by atoms with Gasteiger partial charge in [0, 0.05) is 19.6 Å². The van der Waals surface area contributed by atoms with E-state index in [1.54, 1.807) is 6.33 Å². The molecule has 106 valence electrons. The second-order valence-corrected chi connectivity index (χ2v) is 5.97. The number of hydrogen-bond acceptors (Lipinski definition) is 4. The van der Waals surface area contributed by atoms with Crippen molar-refractivity contribution in [3.8, 4) is 0 Å². The van der Waals surface area contributed by atoms with Crippen molar-refractivity contribution in [1.29, 1.82) is 0 Å². The number of hydrogen-bond donors (Lipinski definition) is 1. The fourth-order valence-electron chi connectivity index (χ4n) is 2.62. The van der Waals surface area contributed by atoms with Crippen LogP contribution in [0.15, 0.2) is 10.8 Å². The number of nitrogens with one attached hydrogen (secondary N) is 1. The monoisotopic (exact) mass is 326 g/mol. The van der Waals surface area contributed by atoms with Gasteiger partial charge in [0.2, 0.25) is 0 Å². The standard InChI is InChI=1S/C14H23BrN4/c1-3-5-11-6-8-19(9-11)14-12(15)13(16-7-4-2)17-10-18-14/h10-11H,3-9H2,1-2H3,(H,16,17,18). The molecule has 0 amide bonds. The van der Waals surface area contributed by atoms with Crippen LogP contribution < -0.4 is 10.2 Å². The smallest absolute Gasteiger partial charge is 0.148 e. The van der Waals surface area contributed by atoms with E-state index in [-0.39, 0.29) is 0 Å². The minimum absolute atomic E-state index is 0.818. The lowest BCUT2D eigenvalue weighted by Crippen LogP contribution is -2.22. The fourth-order valence-corrected chi connectivity index (χ4v) is 3.21. The van der Waals surface area contributed by atoms with E-state index in [1.165, 1.54) is 19.3 Å². The average molecular weight is 327 g/mol. The molecule has 0 saturated carbocycles. The van der Waals surface area contributed by atoms with Crippen molar-refractivity contribution >= 4 is 27.6 Å². The molecule has 2 heterocycles. The topological polar surface area (TPSA) is 41.1 Å². The molecule has 1 unspecified atom stereocenters. The SMILES string of the molecule is CCCNc1ncnc(N2CCC(CCC)C2)c1Br. The molecule has 0 radical (unpaired) electrons. The number of nitrogens with zero attached hydrogens (tertiary/aromatic N) is 3. The highest BCUT2D eigenvalue weighted by atomic mass is 79.9. The predicted molar refractivity (Wildman–Crippen MR) is 83.7 cm³/mol. The summed E-state index contributed by atoms with van der Waals surface area (Å²) >= 11 is 3.65. The predicted octanol–water partition coefficient (Wildman–Crippen LogP) is 3.69. The van der Waals surface area contributed by atoms with Crippen molar-refractivity contribution in [3.05, 3.63) is 10.8 Å². The molecule has 1 fully saturated rings. The van der Waals surface area contributed by atoms with Crippen LogP contribution in [0.1, 0.15) is 39.5 Å². The molecule has 1 aromatic heterocycles. The number of halogens is 1. The van der Waals surface area contributed by atoms with Gasteiger partial charge in [-0.3, -0.25) is 0 Å². The summed E-state index contributed by atoms with van der Waals surface area (Å²) in [5, 5.41) is 3.34. The highest BCUT2D eigenvalue weighted by Crippen LogP contribution is 2.33. The maximum Gasteiger partial charge on any atom is 0.148 e. The number of anilines is 2. The highest BCUT2D eigenvalue weighted by Gasteiger charge is 2.25. The Labute approximate surface area is 124 Å². The third-order valence-electron chi connectivity index (χ3n) is 3.60. The van der Waals surface area contributed by atoms with Crippen molar-refractivity contribution in [2.75, 3.05) is 29.9 Å². The summed E-state index contributed by atoms with van der Waals surface area (Å²) < 4.78 is 1.00. The Bertz CT molecular complexity index is 410. The zero-order valence-corrected chi connectivity index (χ0v) is 13.4. The summed E-state index contributed by atoms with van der Waals surface area (Å²) in [4.78, 5) is 11.1. The number of aromatic nitrogens is 2. The molecule has 1 atom stereocenters. The zero-order chi connectivity index (χ0) is 13.7. The Morgan fingerprint density at radius 1 is 1.37 bits per heavy atom. The molecule has 19 heavy (non-hydrogen) atoms. The molecule has 1 aliphatic rings. The van der Waals surface area contributed by atoms with Gasteiger partial charge in [-0.05, 0) is 41.1 Å². The molecule has 2 rings (SSSR count). The van der Waals surface area contributed by atoms with Crippen molar-refractivity contribution < 1.29 is 0 Å². The maximum atomic E-state index is 4.45. The Kier molecular flexibility index (Phi) is 5.43. The van der Waals surface area contributed by atoms with Gasteiger partial charge in [-0.15, -0.1) is 0 Å². The van der Waals surface area contributed by atoms with E-state index < -0.39 is 0 Å². The first kappa shape index (κ1) is 14.6. The summed E-state index contributed by atoms with van der Waals surface area (Å²) in [7, 11) is 0. The van der Waals surface area contributed by atoms with Gasteiger partial charge < -0.3 is 10.2 Å². The van der Waals surface area contributed by atoms with Crippen molar-refractivity contribution in [1.82, 2.24) is 9.97 Å². The molecular formula is C14H23BrN4. The first-order chi connectivity index (χ1) is 9.26. The normalized spacial score (nSPS) is 18.9. The molecule has 0 spiro atoms. The highest BCUT2D eigenvalue weighted by molar-refractivity contribution is 9.10. The summed E-state index contributed by atoms with van der Waals surface area (Å²) in [6, 6.07) is 0. The van der Waals surface area contributed by atoms with Crippen LogP contribution in [0.3, 0.4) is 0 Å². The van der Waals surface area contributed by atoms with Crippen LogP contribution in [0.5, 0.6) is 0 Å². The van der Waals surface area contributed by atoms with E-state index in [1.807, 2.05) is 0 Å². The van der Waals surface area contributed by atoms with Crippen LogP contribution in [0.2, 0.25) is 0 Å². The summed E-state index contributed by atoms with van der Waals surface area (Å²) in [6.07, 6.45) is 6.62. The molecule has 1 saturated heterocycles. The molecule has 1 aromatic rings. The van der Waals surface area contributed by atoms with Crippen LogP contribution in [0.25, 0.3) is 0 Å². The Hall–Kier alpha value is -0.840. The number of rotatable bonds is 6. The molecule has 1 N–H and O–H groups in total. The Morgan fingerprint density at radius 2 is 2.21 bits per heavy atom. The quantitative estimate of drug-likeness (QED) is 0.865. The van der Waals surface area contributed by atoms with Crippen LogP contribution in [0.4, 0.5) is 11.6 Å². The molecular weight excluding hydrogens is 304 g/mol. The van der Waals surface area contributed by atoms with Crippen molar-refractivity contribution in [2.24, 2.45) is 5.92 Å². The second-order valence-electron chi connectivity index (χ2n) is 5.18.